The summed E-state index contributed by atoms with van der Waals surface area (Å²) < 4.78 is 10.7. The fraction of sp³-hybridized carbons (Fsp3) is 0.571. The minimum Gasteiger partial charge on any atom is -0.497 e. The largest absolute Gasteiger partial charge is 0.497 e. The lowest BCUT2D eigenvalue weighted by Gasteiger charge is -2.28. The number of ether oxygens (including phenoxy) is 2. The molecular weight excluding hydrogens is 228 g/mol. The van der Waals surface area contributed by atoms with Crippen LogP contribution in [0.1, 0.15) is 13.3 Å². The summed E-state index contributed by atoms with van der Waals surface area (Å²) in [6, 6.07) is 6.35. The highest BCUT2D eigenvalue weighted by Crippen LogP contribution is 2.37. The molecule has 0 spiro atoms. The van der Waals surface area contributed by atoms with Crippen LogP contribution in [0.4, 0.5) is 5.69 Å². The van der Waals surface area contributed by atoms with Crippen molar-refractivity contribution in [1.29, 1.82) is 0 Å². The van der Waals surface area contributed by atoms with Crippen molar-refractivity contribution in [2.24, 2.45) is 11.7 Å². The van der Waals surface area contributed by atoms with Crippen molar-refractivity contribution in [3.63, 3.8) is 0 Å². The molecule has 1 heterocycles. The highest BCUT2D eigenvalue weighted by molar-refractivity contribution is 5.62. The Bertz CT molecular complexity index is 409. The Morgan fingerprint density at radius 3 is 2.67 bits per heavy atom. The molecule has 4 heteroatoms. The molecule has 1 fully saturated rings. The average molecular weight is 250 g/mol. The zero-order chi connectivity index (χ0) is 13.1. The third-order valence-electron chi connectivity index (χ3n) is 3.91. The van der Waals surface area contributed by atoms with Crippen molar-refractivity contribution in [3.8, 4) is 11.5 Å². The minimum atomic E-state index is 0.441. The van der Waals surface area contributed by atoms with Crippen LogP contribution in [0.15, 0.2) is 18.2 Å². The van der Waals surface area contributed by atoms with Crippen LogP contribution in [-0.2, 0) is 0 Å². The highest BCUT2D eigenvalue weighted by atomic mass is 16.5. The van der Waals surface area contributed by atoms with E-state index < -0.39 is 0 Å². The first-order valence-electron chi connectivity index (χ1n) is 6.40. The molecule has 2 unspecified atom stereocenters. The van der Waals surface area contributed by atoms with E-state index in [0.29, 0.717) is 12.0 Å². The Balaban J connectivity index is 2.31. The number of nitrogens with zero attached hydrogens (tertiary/aromatic N) is 1. The van der Waals surface area contributed by atoms with Gasteiger partial charge in [-0.05, 0) is 37.9 Å². The number of hydrogen-bond acceptors (Lipinski definition) is 4. The maximum Gasteiger partial charge on any atom is 0.142 e. The fourth-order valence-corrected chi connectivity index (χ4v) is 2.68. The first-order chi connectivity index (χ1) is 8.71. The van der Waals surface area contributed by atoms with E-state index >= 15 is 0 Å². The standard InChI is InChI=1S/C14H22N2O2/c1-10-11(9-15)6-7-16(10)13-8-12(17-2)4-5-14(13)18-3/h4-5,8,10-11H,6-7,9,15H2,1-3H3. The lowest BCUT2D eigenvalue weighted by atomic mass is 10.0. The highest BCUT2D eigenvalue weighted by Gasteiger charge is 2.31. The van der Waals surface area contributed by atoms with Gasteiger partial charge in [0.05, 0.1) is 19.9 Å². The topological polar surface area (TPSA) is 47.7 Å². The van der Waals surface area contributed by atoms with E-state index in [1.807, 2.05) is 18.2 Å². The molecule has 4 nitrogen and oxygen atoms in total. The molecule has 0 aliphatic carbocycles. The molecule has 1 saturated heterocycles. The van der Waals surface area contributed by atoms with Crippen LogP contribution < -0.4 is 20.1 Å². The van der Waals surface area contributed by atoms with Crippen LogP contribution in [0.3, 0.4) is 0 Å². The van der Waals surface area contributed by atoms with Gasteiger partial charge in [-0.25, -0.2) is 0 Å². The Hall–Kier alpha value is -1.42. The van der Waals surface area contributed by atoms with Gasteiger partial charge in [0.25, 0.3) is 0 Å². The molecule has 18 heavy (non-hydrogen) atoms. The maximum absolute atomic E-state index is 5.81. The molecule has 2 atom stereocenters. The smallest absolute Gasteiger partial charge is 0.142 e. The van der Waals surface area contributed by atoms with E-state index in [1.54, 1.807) is 14.2 Å². The second-order valence-electron chi connectivity index (χ2n) is 4.76. The lowest BCUT2D eigenvalue weighted by Crippen LogP contribution is -2.32. The van der Waals surface area contributed by atoms with Gasteiger partial charge in [-0.15, -0.1) is 0 Å². The third kappa shape index (κ3) is 2.25. The number of anilines is 1. The van der Waals surface area contributed by atoms with E-state index in [-0.39, 0.29) is 0 Å². The van der Waals surface area contributed by atoms with Crippen LogP contribution >= 0.6 is 0 Å². The summed E-state index contributed by atoms with van der Waals surface area (Å²) in [5.74, 6) is 2.30. The number of nitrogens with two attached hydrogens (primary N) is 1. The molecule has 2 rings (SSSR count). The molecule has 1 aliphatic heterocycles. The Morgan fingerprint density at radius 1 is 1.33 bits per heavy atom. The number of benzene rings is 1. The number of methoxy groups -OCH3 is 2. The Kier molecular flexibility index (Phi) is 3.97. The molecule has 0 radical (unpaired) electrons. The quantitative estimate of drug-likeness (QED) is 0.886. The summed E-state index contributed by atoms with van der Waals surface area (Å²) in [7, 11) is 3.38. The fourth-order valence-electron chi connectivity index (χ4n) is 2.68. The molecule has 2 N–H and O–H groups in total. The van der Waals surface area contributed by atoms with Crippen molar-refractivity contribution in [3.05, 3.63) is 18.2 Å². The summed E-state index contributed by atoms with van der Waals surface area (Å²) in [6.07, 6.45) is 1.14. The predicted molar refractivity (Wildman–Crippen MR) is 73.5 cm³/mol. The molecular formula is C14H22N2O2. The van der Waals surface area contributed by atoms with Crippen LogP contribution in [0, 0.1) is 5.92 Å². The first kappa shape index (κ1) is 13.0. The van der Waals surface area contributed by atoms with Gasteiger partial charge >= 0.3 is 0 Å². The number of hydrogen-bond donors (Lipinski definition) is 1. The van der Waals surface area contributed by atoms with Crippen molar-refractivity contribution in [1.82, 2.24) is 0 Å². The molecule has 1 aromatic carbocycles. The van der Waals surface area contributed by atoms with E-state index in [0.717, 1.165) is 36.7 Å². The van der Waals surface area contributed by atoms with Gasteiger partial charge in [0.1, 0.15) is 11.5 Å². The summed E-state index contributed by atoms with van der Waals surface area (Å²) in [5, 5.41) is 0. The van der Waals surface area contributed by atoms with Crippen LogP contribution in [0.2, 0.25) is 0 Å². The van der Waals surface area contributed by atoms with Gasteiger partial charge in [-0.1, -0.05) is 0 Å². The third-order valence-corrected chi connectivity index (χ3v) is 3.91. The normalized spacial score (nSPS) is 23.2. The van der Waals surface area contributed by atoms with E-state index in [4.69, 9.17) is 15.2 Å². The molecule has 0 aromatic heterocycles. The molecule has 0 saturated carbocycles. The predicted octanol–water partition coefficient (Wildman–Crippen LogP) is 1.88. The van der Waals surface area contributed by atoms with E-state index in [1.165, 1.54) is 0 Å². The molecule has 0 bridgehead atoms. The Labute approximate surface area is 109 Å². The van der Waals surface area contributed by atoms with Crippen molar-refractivity contribution in [2.45, 2.75) is 19.4 Å². The molecule has 1 aliphatic rings. The maximum atomic E-state index is 5.81. The Morgan fingerprint density at radius 2 is 2.11 bits per heavy atom. The van der Waals surface area contributed by atoms with Crippen molar-refractivity contribution < 1.29 is 9.47 Å². The van der Waals surface area contributed by atoms with Gasteiger partial charge in [-0.3, -0.25) is 0 Å². The zero-order valence-electron chi connectivity index (χ0n) is 11.3. The first-order valence-corrected chi connectivity index (χ1v) is 6.40. The van der Waals surface area contributed by atoms with Gasteiger partial charge in [0.15, 0.2) is 0 Å². The minimum absolute atomic E-state index is 0.441. The van der Waals surface area contributed by atoms with E-state index in [9.17, 15) is 0 Å². The van der Waals surface area contributed by atoms with Gasteiger partial charge in [0, 0.05) is 18.7 Å². The van der Waals surface area contributed by atoms with Gasteiger partial charge < -0.3 is 20.1 Å². The lowest BCUT2D eigenvalue weighted by molar-refractivity contribution is 0.402. The van der Waals surface area contributed by atoms with E-state index in [2.05, 4.69) is 11.8 Å². The van der Waals surface area contributed by atoms with Crippen molar-refractivity contribution in [2.75, 3.05) is 32.2 Å². The molecule has 0 amide bonds. The van der Waals surface area contributed by atoms with Gasteiger partial charge in [0.2, 0.25) is 0 Å². The summed E-state index contributed by atoms with van der Waals surface area (Å²) in [5.41, 5.74) is 6.91. The SMILES string of the molecule is COc1ccc(OC)c(N2CCC(CN)C2C)c1. The zero-order valence-corrected chi connectivity index (χ0v) is 11.3. The van der Waals surface area contributed by atoms with Crippen molar-refractivity contribution >= 4 is 5.69 Å². The summed E-state index contributed by atoms with van der Waals surface area (Å²) >= 11 is 0. The second-order valence-corrected chi connectivity index (χ2v) is 4.76. The van der Waals surface area contributed by atoms with Gasteiger partial charge in [-0.2, -0.15) is 0 Å². The molecule has 1 aromatic rings. The van der Waals surface area contributed by atoms with Crippen LogP contribution in [0.5, 0.6) is 11.5 Å². The second kappa shape index (κ2) is 5.48. The van der Waals surface area contributed by atoms with Crippen LogP contribution in [-0.4, -0.2) is 33.4 Å². The van der Waals surface area contributed by atoms with Crippen LogP contribution in [0.25, 0.3) is 0 Å². The molecule has 100 valence electrons. The summed E-state index contributed by atoms with van der Waals surface area (Å²) in [4.78, 5) is 2.36. The monoisotopic (exact) mass is 250 g/mol. The number of rotatable bonds is 4. The average Bonchev–Trinajstić information content (AvgIpc) is 2.78. The summed E-state index contributed by atoms with van der Waals surface area (Å²) in [6.45, 7) is 3.99.